The molecule has 1 unspecified atom stereocenters. The zero-order valence-corrected chi connectivity index (χ0v) is 29.9. The molecule has 0 amide bonds. The van der Waals surface area contributed by atoms with Gasteiger partial charge in [0.25, 0.3) is 0 Å². The van der Waals surface area contributed by atoms with Crippen molar-refractivity contribution in [2.24, 2.45) is 5.92 Å². The van der Waals surface area contributed by atoms with Gasteiger partial charge in [0.15, 0.2) is 0 Å². The van der Waals surface area contributed by atoms with Crippen molar-refractivity contribution < 1.29 is 24.2 Å². The fourth-order valence-electron chi connectivity index (χ4n) is 5.16. The summed E-state index contributed by atoms with van der Waals surface area (Å²) in [6.45, 7) is 20.1. The molecule has 5 aromatic carbocycles. The molecule has 6 rings (SSSR count). The fourth-order valence-corrected chi connectivity index (χ4v) is 5.98. The fraction of sp³-hybridized carbons (Fsp3) is 0.286. The zero-order chi connectivity index (χ0) is 31.4. The minimum absolute atomic E-state index is 0.203. The van der Waals surface area contributed by atoms with Gasteiger partial charge in [0.1, 0.15) is 0 Å². The Morgan fingerprint density at radius 3 is 1.37 bits per heavy atom. The van der Waals surface area contributed by atoms with Crippen LogP contribution in [0.3, 0.4) is 0 Å². The van der Waals surface area contributed by atoms with Crippen LogP contribution in [0.25, 0.3) is 21.5 Å². The van der Waals surface area contributed by atoms with Crippen LogP contribution in [0.4, 0.5) is 0 Å². The molecule has 1 aliphatic rings. The minimum atomic E-state index is 0.203. The Kier molecular flexibility index (Phi) is 10.5. The molecular formula is C42H46Zr. The van der Waals surface area contributed by atoms with Crippen LogP contribution in [0.1, 0.15) is 84.6 Å². The number of hydrogen-bond acceptors (Lipinski definition) is 0. The first-order valence-corrected chi connectivity index (χ1v) is 16.6. The van der Waals surface area contributed by atoms with Crippen molar-refractivity contribution in [2.75, 3.05) is 0 Å². The van der Waals surface area contributed by atoms with Crippen LogP contribution in [0.5, 0.6) is 0 Å². The van der Waals surface area contributed by atoms with Crippen LogP contribution in [0.2, 0.25) is 0 Å². The van der Waals surface area contributed by atoms with Gasteiger partial charge >= 0.3 is 99.2 Å². The molecule has 0 saturated carbocycles. The second-order valence-electron chi connectivity index (χ2n) is 13.8. The van der Waals surface area contributed by atoms with Crippen molar-refractivity contribution in [1.82, 2.24) is 0 Å². The first-order valence-electron chi connectivity index (χ1n) is 15.4. The summed E-state index contributed by atoms with van der Waals surface area (Å²) in [6.07, 6.45) is 5.29. The first kappa shape index (κ1) is 32.9. The van der Waals surface area contributed by atoms with E-state index < -0.39 is 0 Å². The molecule has 0 fully saturated rings. The van der Waals surface area contributed by atoms with Crippen molar-refractivity contribution in [1.29, 1.82) is 0 Å². The Morgan fingerprint density at radius 1 is 0.651 bits per heavy atom. The molecule has 0 aromatic heterocycles. The van der Waals surface area contributed by atoms with Crippen molar-refractivity contribution in [3.63, 3.8) is 0 Å². The quantitative estimate of drug-likeness (QED) is 0.168. The molecule has 0 nitrogen and oxygen atoms in total. The van der Waals surface area contributed by atoms with E-state index in [0.29, 0.717) is 5.92 Å². The van der Waals surface area contributed by atoms with Crippen molar-refractivity contribution >= 4 is 24.8 Å². The molecule has 218 valence electrons. The topological polar surface area (TPSA) is 0 Å². The van der Waals surface area contributed by atoms with Crippen LogP contribution in [-0.2, 0) is 35.1 Å². The molecule has 1 aliphatic carbocycles. The molecule has 0 spiro atoms. The molecule has 5 aromatic rings. The molecule has 0 saturated heterocycles. The summed E-state index contributed by atoms with van der Waals surface area (Å²) < 4.78 is 1.42. The van der Waals surface area contributed by atoms with Crippen LogP contribution in [-0.4, -0.2) is 3.21 Å². The third-order valence-electron chi connectivity index (χ3n) is 8.38. The molecule has 0 N–H and O–H groups in total. The number of allylic oxidation sites excluding steroid dienone is 4. The van der Waals surface area contributed by atoms with Crippen LogP contribution in [0, 0.1) is 12.0 Å². The van der Waals surface area contributed by atoms with E-state index in [0.717, 1.165) is 0 Å². The third kappa shape index (κ3) is 8.33. The van der Waals surface area contributed by atoms with Crippen LogP contribution < -0.4 is 0 Å². The standard InChI is InChI=1S/C21H25.C13H10.C8H11.Zr/c1-20(2,3)16-7-9-18-14(12-16)11-15-13-17(21(4,5)6)8-10-19(15)18;1-3-7-12(8-4-1)11-13-9-5-2-6-10-13;1-6-4-5-7(2)8(6)3;/h7-13H,1-6H3;1-10H;4,7H,1-3H3;/q-1;;-1;+2. The van der Waals surface area contributed by atoms with Crippen molar-refractivity contribution in [3.8, 4) is 0 Å². The van der Waals surface area contributed by atoms with Gasteiger partial charge in [-0.25, -0.2) is 11.6 Å². The number of hydrogen-bond donors (Lipinski definition) is 0. The van der Waals surface area contributed by atoms with E-state index in [-0.39, 0.29) is 10.8 Å². The van der Waals surface area contributed by atoms with E-state index >= 15 is 0 Å². The summed E-state index contributed by atoms with van der Waals surface area (Å²) >= 11 is 1.46. The Morgan fingerprint density at radius 2 is 1.07 bits per heavy atom. The third-order valence-corrected chi connectivity index (χ3v) is 9.80. The molecule has 0 heterocycles. The SMILES string of the molecule is CC(C)(C)c1ccc2c(c1)[cH-]c1cc(C(C)(C)C)ccc12.CC1=C(C)C(C)[C-]=C1.[Zr+2]=[C](c1ccccc1)c1ccccc1. The maximum absolute atomic E-state index is 3.22. The molecule has 1 atom stereocenters. The summed E-state index contributed by atoms with van der Waals surface area (Å²) in [5.41, 5.74) is 8.72. The second-order valence-corrected chi connectivity index (χ2v) is 15.0. The molecule has 0 aliphatic heterocycles. The van der Waals surface area contributed by atoms with Crippen LogP contribution in [0.15, 0.2) is 120 Å². The van der Waals surface area contributed by atoms with Crippen molar-refractivity contribution in [2.45, 2.75) is 73.1 Å². The summed E-state index contributed by atoms with van der Waals surface area (Å²) in [6, 6.07) is 37.3. The van der Waals surface area contributed by atoms with Gasteiger partial charge in [-0.1, -0.05) is 96.7 Å². The van der Waals surface area contributed by atoms with Crippen molar-refractivity contribution in [3.05, 3.63) is 149 Å². The average Bonchev–Trinajstić information content (AvgIpc) is 3.51. The zero-order valence-electron chi connectivity index (χ0n) is 27.5. The predicted octanol–water partition coefficient (Wildman–Crippen LogP) is 11.4. The Bertz CT molecular complexity index is 1640. The van der Waals surface area contributed by atoms with Gasteiger partial charge in [0, 0.05) is 0 Å². The average molecular weight is 642 g/mol. The van der Waals surface area contributed by atoms with Crippen LogP contribution >= 0.6 is 0 Å². The number of fused-ring (bicyclic) bond motifs is 3. The van der Waals surface area contributed by atoms with Gasteiger partial charge in [0.2, 0.25) is 0 Å². The molecule has 43 heavy (non-hydrogen) atoms. The summed E-state index contributed by atoms with van der Waals surface area (Å²) in [7, 11) is 0. The molecule has 1 heteroatoms. The van der Waals surface area contributed by atoms with E-state index in [2.05, 4.69) is 178 Å². The van der Waals surface area contributed by atoms with E-state index in [1.165, 1.54) is 82.4 Å². The van der Waals surface area contributed by atoms with Gasteiger partial charge in [0.05, 0.1) is 0 Å². The predicted molar refractivity (Wildman–Crippen MR) is 186 cm³/mol. The maximum atomic E-state index is 3.22. The Hall–Kier alpha value is -3.02. The number of rotatable bonds is 2. The number of benzene rings is 4. The molecule has 0 radical (unpaired) electrons. The van der Waals surface area contributed by atoms with Gasteiger partial charge < -0.3 is 0 Å². The van der Waals surface area contributed by atoms with E-state index in [9.17, 15) is 0 Å². The van der Waals surface area contributed by atoms with Gasteiger partial charge in [-0.2, -0.15) is 5.57 Å². The Labute approximate surface area is 275 Å². The van der Waals surface area contributed by atoms with E-state index in [1.807, 2.05) is 0 Å². The first-order chi connectivity index (χ1) is 20.3. The van der Waals surface area contributed by atoms with E-state index in [1.54, 1.807) is 0 Å². The molecule has 0 bridgehead atoms. The summed E-state index contributed by atoms with van der Waals surface area (Å²) in [5, 5.41) is 5.48. The van der Waals surface area contributed by atoms with E-state index in [4.69, 9.17) is 0 Å². The summed E-state index contributed by atoms with van der Waals surface area (Å²) in [5.74, 6) is 0.565. The molecular weight excluding hydrogens is 596 g/mol. The Balaban J connectivity index is 0.000000165. The van der Waals surface area contributed by atoms with Gasteiger partial charge in [-0.05, 0) is 10.8 Å². The summed E-state index contributed by atoms with van der Waals surface area (Å²) in [4.78, 5) is 0. The normalized spacial score (nSPS) is 14.8. The van der Waals surface area contributed by atoms with Gasteiger partial charge in [-0.3, -0.25) is 6.08 Å². The van der Waals surface area contributed by atoms with Gasteiger partial charge in [-0.15, -0.1) is 46.7 Å². The second kappa shape index (κ2) is 13.7. The monoisotopic (exact) mass is 640 g/mol.